The summed E-state index contributed by atoms with van der Waals surface area (Å²) in [4.78, 5) is 11.1. The second kappa shape index (κ2) is 6.98. The minimum Gasteiger partial charge on any atom is -0.345 e. The Morgan fingerprint density at radius 3 is 1.02 bits per heavy atom. The van der Waals surface area contributed by atoms with Gasteiger partial charge in [0, 0.05) is 59.7 Å². The van der Waals surface area contributed by atoms with Crippen LogP contribution in [0, 0.1) is 0 Å². The van der Waals surface area contributed by atoms with Gasteiger partial charge >= 0.3 is 0 Å². The maximum Gasteiger partial charge on any atom is 0.120 e. The Balaban J connectivity index is 1.29. The van der Waals surface area contributed by atoms with Crippen LogP contribution in [-0.2, 0) is 31.6 Å². The quantitative estimate of drug-likeness (QED) is 0.192. The first-order chi connectivity index (χ1) is 21.3. The molecule has 0 unspecified atom stereocenters. The topological polar surface area (TPSA) is 13.0 Å². The van der Waals surface area contributed by atoms with Crippen molar-refractivity contribution in [1.82, 2.24) is 0 Å². The Kier molecular flexibility index (Phi) is 3.52. The molecule has 204 valence electrons. The Labute approximate surface area is 250 Å². The Morgan fingerprint density at radius 2 is 0.698 bits per heavy atom. The smallest absolute Gasteiger partial charge is 0.120 e. The number of nitrogens with zero attached hydrogens (tertiary/aromatic N) is 4. The fourth-order valence-electron chi connectivity index (χ4n) is 10.5. The van der Waals surface area contributed by atoms with Gasteiger partial charge in [-0.25, -0.2) is 0 Å². The molecule has 0 aromatic heterocycles. The molecule has 6 aromatic rings. The van der Waals surface area contributed by atoms with E-state index in [0.29, 0.717) is 0 Å². The summed E-state index contributed by atoms with van der Waals surface area (Å²) in [6, 6.07) is 42.1. The van der Waals surface area contributed by atoms with Crippen LogP contribution in [0.2, 0.25) is 0 Å². The number of benzene rings is 6. The number of hydrogen-bond donors (Lipinski definition) is 0. The maximum absolute atomic E-state index is 2.79. The van der Waals surface area contributed by atoms with Crippen molar-refractivity contribution in [1.29, 1.82) is 0 Å². The van der Waals surface area contributed by atoms with E-state index in [9.17, 15) is 0 Å². The third kappa shape index (κ3) is 2.22. The zero-order chi connectivity index (χ0) is 27.6. The molecule has 6 aliphatic rings. The molecule has 6 aliphatic heterocycles. The SMILES string of the molecule is c1cc2c3c(c1)CN1c4cccc5cccc(c45)N4Cc5cccc6c5C3(C3N(C2)c2cccc5cccc(c25)N3C6)C14. The van der Waals surface area contributed by atoms with Gasteiger partial charge in [-0.15, -0.1) is 0 Å². The van der Waals surface area contributed by atoms with Crippen molar-refractivity contribution >= 4 is 44.3 Å². The first-order valence-corrected chi connectivity index (χ1v) is 15.6. The molecule has 0 radical (unpaired) electrons. The largest absolute Gasteiger partial charge is 0.345 e. The number of fused-ring (bicyclic) bond motifs is 4. The summed E-state index contributed by atoms with van der Waals surface area (Å²) in [5.74, 6) is 0. The predicted octanol–water partition coefficient (Wildman–Crippen LogP) is 7.64. The Hall–Kier alpha value is -4.96. The average Bonchev–Trinajstić information content (AvgIpc) is 3.05. The molecule has 4 nitrogen and oxygen atoms in total. The van der Waals surface area contributed by atoms with Gasteiger partial charge in [0.2, 0.25) is 0 Å². The van der Waals surface area contributed by atoms with Gasteiger partial charge in [-0.3, -0.25) is 0 Å². The van der Waals surface area contributed by atoms with E-state index in [1.165, 1.54) is 66.5 Å². The van der Waals surface area contributed by atoms with E-state index in [2.05, 4.69) is 129 Å². The second-order valence-corrected chi connectivity index (χ2v) is 13.3. The van der Waals surface area contributed by atoms with E-state index < -0.39 is 0 Å². The molecule has 4 heteroatoms. The Bertz CT molecular complexity index is 1970. The maximum atomic E-state index is 2.79. The summed E-state index contributed by atoms with van der Waals surface area (Å²) < 4.78 is 0. The third-order valence-electron chi connectivity index (χ3n) is 11.6. The van der Waals surface area contributed by atoms with Gasteiger partial charge in [0.1, 0.15) is 12.3 Å². The molecule has 12 rings (SSSR count). The van der Waals surface area contributed by atoms with Crippen molar-refractivity contribution in [3.8, 4) is 0 Å². The zero-order valence-corrected chi connectivity index (χ0v) is 23.7. The highest BCUT2D eigenvalue weighted by molar-refractivity contribution is 6.08. The lowest BCUT2D eigenvalue weighted by Crippen LogP contribution is -2.79. The second-order valence-electron chi connectivity index (χ2n) is 13.3. The van der Waals surface area contributed by atoms with Gasteiger partial charge in [0.25, 0.3) is 0 Å². The van der Waals surface area contributed by atoms with E-state index in [4.69, 9.17) is 0 Å². The summed E-state index contributed by atoms with van der Waals surface area (Å²) in [6.45, 7) is 3.76. The van der Waals surface area contributed by atoms with Gasteiger partial charge in [-0.2, -0.15) is 0 Å². The van der Waals surface area contributed by atoms with Crippen LogP contribution >= 0.6 is 0 Å². The standard InChI is InChI=1S/C39H28N4/c1-11-25-19-40-29-15-3-7-23-9-5-17-31(33(23)29)42-21-27-13-2-14-28-22-43-32-18-6-10-24-8-4-16-30(34(24)32)41-20-26(12-1)35(25)39(36(27)28,37(40)42)38(41)43/h1-18,37-38H,19-22H2. The van der Waals surface area contributed by atoms with E-state index in [1.807, 2.05) is 0 Å². The zero-order valence-electron chi connectivity index (χ0n) is 23.7. The highest BCUT2D eigenvalue weighted by Gasteiger charge is 2.68. The minimum absolute atomic E-state index is 0.176. The summed E-state index contributed by atoms with van der Waals surface area (Å²) in [7, 11) is 0. The van der Waals surface area contributed by atoms with Crippen molar-refractivity contribution in [2.75, 3.05) is 19.6 Å². The van der Waals surface area contributed by atoms with Gasteiger partial charge < -0.3 is 19.6 Å². The molecule has 0 saturated carbocycles. The van der Waals surface area contributed by atoms with Crippen molar-refractivity contribution in [3.63, 3.8) is 0 Å². The fourth-order valence-corrected chi connectivity index (χ4v) is 10.5. The summed E-state index contributed by atoms with van der Waals surface area (Å²) in [5, 5.41) is 5.46. The molecule has 1 spiro atoms. The van der Waals surface area contributed by atoms with Crippen LogP contribution in [0.1, 0.15) is 33.4 Å². The molecule has 0 bridgehead atoms. The van der Waals surface area contributed by atoms with Crippen LogP contribution in [0.3, 0.4) is 0 Å². The monoisotopic (exact) mass is 552 g/mol. The molecule has 6 aromatic carbocycles. The van der Waals surface area contributed by atoms with E-state index in [-0.39, 0.29) is 17.7 Å². The van der Waals surface area contributed by atoms with Crippen LogP contribution in [-0.4, -0.2) is 12.3 Å². The van der Waals surface area contributed by atoms with Crippen LogP contribution in [0.15, 0.2) is 109 Å². The molecule has 6 heterocycles. The van der Waals surface area contributed by atoms with Gasteiger partial charge in [0.05, 0.1) is 5.41 Å². The summed E-state index contributed by atoms with van der Waals surface area (Å²) in [6.07, 6.45) is 0.353. The van der Waals surface area contributed by atoms with E-state index in [1.54, 1.807) is 11.1 Å². The van der Waals surface area contributed by atoms with E-state index >= 15 is 0 Å². The van der Waals surface area contributed by atoms with Crippen LogP contribution in [0.5, 0.6) is 0 Å². The number of anilines is 4. The molecule has 0 N–H and O–H groups in total. The lowest BCUT2D eigenvalue weighted by Gasteiger charge is -2.70. The highest BCUT2D eigenvalue weighted by Crippen LogP contribution is 2.65. The lowest BCUT2D eigenvalue weighted by atomic mass is 9.55. The first kappa shape index (κ1) is 21.7. The normalized spacial score (nSPS) is 24.3. The molecular formula is C39H28N4. The molecule has 0 aliphatic carbocycles. The van der Waals surface area contributed by atoms with E-state index in [0.717, 1.165) is 26.2 Å². The lowest BCUT2D eigenvalue weighted by molar-refractivity contribution is 0.224. The molecule has 0 saturated heterocycles. The third-order valence-corrected chi connectivity index (χ3v) is 11.6. The fraction of sp³-hybridized carbons (Fsp3) is 0.179. The van der Waals surface area contributed by atoms with Crippen LogP contribution < -0.4 is 19.6 Å². The minimum atomic E-state index is -0.254. The van der Waals surface area contributed by atoms with Crippen LogP contribution in [0.4, 0.5) is 22.7 Å². The van der Waals surface area contributed by atoms with Gasteiger partial charge in [-0.1, -0.05) is 84.9 Å². The first-order valence-electron chi connectivity index (χ1n) is 15.6. The number of rotatable bonds is 0. The van der Waals surface area contributed by atoms with Crippen molar-refractivity contribution in [2.24, 2.45) is 0 Å². The predicted molar refractivity (Wildman–Crippen MR) is 174 cm³/mol. The molecule has 43 heavy (non-hydrogen) atoms. The highest BCUT2D eigenvalue weighted by atomic mass is 15.5. The molecule has 0 fully saturated rings. The van der Waals surface area contributed by atoms with Gasteiger partial charge in [-0.05, 0) is 68.4 Å². The van der Waals surface area contributed by atoms with Crippen LogP contribution in [0.25, 0.3) is 21.5 Å². The summed E-state index contributed by atoms with van der Waals surface area (Å²) in [5.41, 5.74) is 14.4. The van der Waals surface area contributed by atoms with Crippen molar-refractivity contribution in [2.45, 2.75) is 43.9 Å². The van der Waals surface area contributed by atoms with Crippen molar-refractivity contribution in [3.05, 3.63) is 143 Å². The van der Waals surface area contributed by atoms with Gasteiger partial charge in [0.15, 0.2) is 0 Å². The molecule has 0 amide bonds. The summed E-state index contributed by atoms with van der Waals surface area (Å²) >= 11 is 0. The Morgan fingerprint density at radius 1 is 0.395 bits per heavy atom. The number of hydrogen-bond acceptors (Lipinski definition) is 4. The molecule has 0 atom stereocenters. The molecular weight excluding hydrogens is 524 g/mol. The average molecular weight is 553 g/mol. The van der Waals surface area contributed by atoms with Crippen molar-refractivity contribution < 1.29 is 0 Å².